The van der Waals surface area contributed by atoms with Gasteiger partial charge in [0.2, 0.25) is 0 Å². The van der Waals surface area contributed by atoms with Gasteiger partial charge in [0.1, 0.15) is 11.9 Å². The van der Waals surface area contributed by atoms with Gasteiger partial charge in [0.25, 0.3) is 0 Å². The Kier molecular flexibility index (Phi) is 4.29. The van der Waals surface area contributed by atoms with Crippen molar-refractivity contribution >= 4 is 11.6 Å². The van der Waals surface area contributed by atoms with E-state index in [0.29, 0.717) is 6.10 Å². The van der Waals surface area contributed by atoms with Gasteiger partial charge in [-0.05, 0) is 43.4 Å². The van der Waals surface area contributed by atoms with Gasteiger partial charge in [-0.1, -0.05) is 18.2 Å². The minimum atomic E-state index is 0.340. The smallest absolute Gasteiger partial charge is 0.123 e. The average Bonchev–Trinajstić information content (AvgIpc) is 2.81. The van der Waals surface area contributed by atoms with Gasteiger partial charge in [0, 0.05) is 25.4 Å². The van der Waals surface area contributed by atoms with E-state index >= 15 is 0 Å². The fraction of sp³-hybridized carbons (Fsp3) is 0.625. The normalized spacial score (nSPS) is 27.0. The Morgan fingerprint density at radius 2 is 2.21 bits per heavy atom. The first-order valence-corrected chi connectivity index (χ1v) is 7.91. The van der Waals surface area contributed by atoms with Gasteiger partial charge < -0.3 is 4.74 Å². The molecule has 2 heterocycles. The van der Waals surface area contributed by atoms with Crippen molar-refractivity contribution in [3.05, 3.63) is 29.8 Å². The molecule has 1 aromatic carbocycles. The molecule has 0 N–H and O–H groups in total. The van der Waals surface area contributed by atoms with Crippen LogP contribution in [-0.2, 0) is 6.42 Å². The van der Waals surface area contributed by atoms with Gasteiger partial charge in [-0.25, -0.2) is 0 Å². The number of rotatable bonds is 4. The monoisotopic (exact) mass is 279 g/mol. The van der Waals surface area contributed by atoms with Crippen LogP contribution in [0, 0.1) is 5.92 Å². The van der Waals surface area contributed by atoms with Crippen molar-refractivity contribution in [2.45, 2.75) is 31.8 Å². The maximum Gasteiger partial charge on any atom is 0.123 e. The standard InChI is InChI=1S/C16H22ClNO/c17-8-7-13-4-3-9-18(11-13)12-15-10-14-5-1-2-6-16(14)19-15/h1-2,5-6,13,15H,3-4,7-12H2. The Labute approximate surface area is 120 Å². The van der Waals surface area contributed by atoms with Crippen LogP contribution in [0.2, 0.25) is 0 Å². The molecule has 0 aromatic heterocycles. The zero-order chi connectivity index (χ0) is 13.1. The third kappa shape index (κ3) is 3.24. The van der Waals surface area contributed by atoms with Crippen molar-refractivity contribution in [3.63, 3.8) is 0 Å². The Morgan fingerprint density at radius 3 is 3.05 bits per heavy atom. The van der Waals surface area contributed by atoms with Gasteiger partial charge >= 0.3 is 0 Å². The topological polar surface area (TPSA) is 12.5 Å². The largest absolute Gasteiger partial charge is 0.488 e. The molecule has 2 nitrogen and oxygen atoms in total. The van der Waals surface area contributed by atoms with E-state index < -0.39 is 0 Å². The Morgan fingerprint density at radius 1 is 1.32 bits per heavy atom. The van der Waals surface area contributed by atoms with E-state index in [0.717, 1.165) is 36.9 Å². The van der Waals surface area contributed by atoms with E-state index in [9.17, 15) is 0 Å². The molecule has 0 bridgehead atoms. The Hall–Kier alpha value is -0.730. The summed E-state index contributed by atoms with van der Waals surface area (Å²) in [7, 11) is 0. The van der Waals surface area contributed by atoms with Gasteiger partial charge in [0.15, 0.2) is 0 Å². The van der Waals surface area contributed by atoms with Crippen LogP contribution in [0.3, 0.4) is 0 Å². The fourth-order valence-corrected chi connectivity index (χ4v) is 3.66. The molecule has 1 saturated heterocycles. The third-order valence-corrected chi connectivity index (χ3v) is 4.51. The van der Waals surface area contributed by atoms with Crippen LogP contribution in [0.5, 0.6) is 5.75 Å². The van der Waals surface area contributed by atoms with E-state index in [1.54, 1.807) is 0 Å². The Bertz CT molecular complexity index is 396. The SMILES string of the molecule is ClCCC1CCCN(CC2Cc3ccccc3O2)C1. The number of benzene rings is 1. The highest BCUT2D eigenvalue weighted by molar-refractivity contribution is 6.17. The lowest BCUT2D eigenvalue weighted by Gasteiger charge is -2.33. The molecule has 0 aliphatic carbocycles. The summed E-state index contributed by atoms with van der Waals surface area (Å²) in [4.78, 5) is 2.57. The molecule has 2 unspecified atom stereocenters. The summed E-state index contributed by atoms with van der Waals surface area (Å²) in [5.74, 6) is 2.67. The number of nitrogens with zero attached hydrogens (tertiary/aromatic N) is 1. The summed E-state index contributed by atoms with van der Waals surface area (Å²) >= 11 is 5.87. The second-order valence-corrected chi connectivity index (χ2v) is 6.18. The average molecular weight is 280 g/mol. The molecule has 0 saturated carbocycles. The van der Waals surface area contributed by atoms with Gasteiger partial charge in [-0.15, -0.1) is 11.6 Å². The van der Waals surface area contributed by atoms with Crippen molar-refractivity contribution < 1.29 is 4.74 Å². The highest BCUT2D eigenvalue weighted by Gasteiger charge is 2.27. The molecule has 1 fully saturated rings. The number of alkyl halides is 1. The summed E-state index contributed by atoms with van der Waals surface area (Å²) in [5.41, 5.74) is 1.36. The molecule has 19 heavy (non-hydrogen) atoms. The number of hydrogen-bond acceptors (Lipinski definition) is 2. The number of ether oxygens (including phenoxy) is 1. The van der Waals surface area contributed by atoms with Gasteiger partial charge in [0.05, 0.1) is 0 Å². The first-order chi connectivity index (χ1) is 9.35. The number of likely N-dealkylation sites (tertiary alicyclic amines) is 1. The molecule has 0 amide bonds. The molecule has 2 aliphatic heterocycles. The summed E-state index contributed by atoms with van der Waals surface area (Å²) in [5, 5.41) is 0. The second-order valence-electron chi connectivity index (χ2n) is 5.80. The maximum atomic E-state index is 6.04. The summed E-state index contributed by atoms with van der Waals surface area (Å²) < 4.78 is 6.04. The number of para-hydroxylation sites is 1. The second kappa shape index (κ2) is 6.15. The molecule has 1 aromatic rings. The molecule has 104 valence electrons. The Balaban J connectivity index is 1.53. The number of hydrogen-bond donors (Lipinski definition) is 0. The molecule has 3 heteroatoms. The molecule has 3 rings (SSSR count). The highest BCUT2D eigenvalue weighted by Crippen LogP contribution is 2.29. The van der Waals surface area contributed by atoms with Crippen LogP contribution in [0.15, 0.2) is 24.3 Å². The van der Waals surface area contributed by atoms with Crippen LogP contribution < -0.4 is 4.74 Å². The van der Waals surface area contributed by atoms with Crippen molar-refractivity contribution in [1.29, 1.82) is 0 Å². The number of fused-ring (bicyclic) bond motifs is 1. The van der Waals surface area contributed by atoms with Gasteiger partial charge in [-0.2, -0.15) is 0 Å². The van der Waals surface area contributed by atoms with Crippen LogP contribution in [0.1, 0.15) is 24.8 Å². The van der Waals surface area contributed by atoms with Crippen LogP contribution in [0.4, 0.5) is 0 Å². The molecular weight excluding hydrogens is 258 g/mol. The predicted octanol–water partition coefficient (Wildman–Crippen LogP) is 3.33. The molecule has 0 spiro atoms. The number of halogens is 1. The lowest BCUT2D eigenvalue weighted by atomic mass is 9.95. The van der Waals surface area contributed by atoms with E-state index in [-0.39, 0.29) is 0 Å². The molecule has 2 atom stereocenters. The van der Waals surface area contributed by atoms with E-state index in [1.807, 2.05) is 0 Å². The molecule has 0 radical (unpaired) electrons. The van der Waals surface area contributed by atoms with Crippen molar-refractivity contribution in [2.75, 3.05) is 25.5 Å². The summed E-state index contributed by atoms with van der Waals surface area (Å²) in [6.45, 7) is 3.48. The minimum Gasteiger partial charge on any atom is -0.488 e. The van der Waals surface area contributed by atoms with E-state index in [4.69, 9.17) is 16.3 Å². The fourth-order valence-electron chi connectivity index (χ4n) is 3.35. The third-order valence-electron chi connectivity index (χ3n) is 4.30. The first kappa shape index (κ1) is 13.3. The zero-order valence-electron chi connectivity index (χ0n) is 11.4. The quantitative estimate of drug-likeness (QED) is 0.784. The number of piperidine rings is 1. The lowest BCUT2D eigenvalue weighted by molar-refractivity contribution is 0.110. The molecule has 2 aliphatic rings. The lowest BCUT2D eigenvalue weighted by Crippen LogP contribution is -2.41. The van der Waals surface area contributed by atoms with E-state index in [2.05, 4.69) is 29.2 Å². The highest BCUT2D eigenvalue weighted by atomic mass is 35.5. The molecular formula is C16H22ClNO. The summed E-state index contributed by atoms with van der Waals surface area (Å²) in [6, 6.07) is 8.42. The predicted molar refractivity (Wildman–Crippen MR) is 79.1 cm³/mol. The van der Waals surface area contributed by atoms with Crippen LogP contribution >= 0.6 is 11.6 Å². The first-order valence-electron chi connectivity index (χ1n) is 7.38. The van der Waals surface area contributed by atoms with Gasteiger partial charge in [-0.3, -0.25) is 4.90 Å². The van der Waals surface area contributed by atoms with Crippen LogP contribution in [0.25, 0.3) is 0 Å². The van der Waals surface area contributed by atoms with Crippen molar-refractivity contribution in [3.8, 4) is 5.75 Å². The maximum absolute atomic E-state index is 6.04. The zero-order valence-corrected chi connectivity index (χ0v) is 12.1. The van der Waals surface area contributed by atoms with Crippen LogP contribution in [-0.4, -0.2) is 36.5 Å². The van der Waals surface area contributed by atoms with Crippen molar-refractivity contribution in [1.82, 2.24) is 4.90 Å². The van der Waals surface area contributed by atoms with Crippen molar-refractivity contribution in [2.24, 2.45) is 5.92 Å². The summed E-state index contributed by atoms with van der Waals surface area (Å²) in [6.07, 6.45) is 5.21. The minimum absolute atomic E-state index is 0.340. The van der Waals surface area contributed by atoms with E-state index in [1.165, 1.54) is 31.5 Å².